The molecule has 0 saturated carbocycles. The fourth-order valence-corrected chi connectivity index (χ4v) is 1.54. The smallest absolute Gasteiger partial charge is 0.317 e. The molecular formula is C13H16F2N2O3. The highest BCUT2D eigenvalue weighted by atomic mass is 19.1. The van der Waals surface area contributed by atoms with Crippen molar-refractivity contribution >= 4 is 12.0 Å². The number of nitrogens with zero attached hydrogens (tertiary/aromatic N) is 1. The first-order chi connectivity index (χ1) is 9.31. The van der Waals surface area contributed by atoms with Crippen LogP contribution in [0.15, 0.2) is 18.2 Å². The Morgan fingerprint density at radius 2 is 2.05 bits per heavy atom. The minimum absolute atomic E-state index is 0.0348. The number of carboxylic acids is 1. The highest BCUT2D eigenvalue weighted by Gasteiger charge is 2.17. The van der Waals surface area contributed by atoms with Gasteiger partial charge in [-0.1, -0.05) is 13.0 Å². The van der Waals surface area contributed by atoms with Crippen molar-refractivity contribution in [3.05, 3.63) is 35.4 Å². The average Bonchev–Trinajstić information content (AvgIpc) is 2.37. The number of carbonyl (C=O) groups excluding carboxylic acids is 1. The Morgan fingerprint density at radius 3 is 2.60 bits per heavy atom. The predicted octanol–water partition coefficient (Wildman–Crippen LogP) is 1.83. The third-order valence-electron chi connectivity index (χ3n) is 2.76. The second kappa shape index (κ2) is 6.83. The van der Waals surface area contributed by atoms with Crippen molar-refractivity contribution in [2.24, 2.45) is 5.92 Å². The van der Waals surface area contributed by atoms with Gasteiger partial charge in [-0.2, -0.15) is 0 Å². The van der Waals surface area contributed by atoms with Gasteiger partial charge >= 0.3 is 12.0 Å². The standard InChI is InChI=1S/C13H16F2N2O3/c1-8(12(18)19)7-17(2)13(20)16-6-9-3-4-10(14)5-11(9)15/h3-5,8H,6-7H2,1-2H3,(H,16,20)(H,18,19). The molecule has 1 unspecified atom stereocenters. The van der Waals surface area contributed by atoms with Gasteiger partial charge in [0.25, 0.3) is 0 Å². The summed E-state index contributed by atoms with van der Waals surface area (Å²) in [6.07, 6.45) is 0. The summed E-state index contributed by atoms with van der Waals surface area (Å²) >= 11 is 0. The summed E-state index contributed by atoms with van der Waals surface area (Å²) in [5, 5.41) is 11.2. The van der Waals surface area contributed by atoms with Gasteiger partial charge in [0, 0.05) is 31.8 Å². The van der Waals surface area contributed by atoms with Gasteiger partial charge in [-0.15, -0.1) is 0 Å². The lowest BCUT2D eigenvalue weighted by Crippen LogP contribution is -2.40. The van der Waals surface area contributed by atoms with E-state index in [-0.39, 0.29) is 18.7 Å². The van der Waals surface area contributed by atoms with E-state index in [0.29, 0.717) is 0 Å². The summed E-state index contributed by atoms with van der Waals surface area (Å²) in [6.45, 7) is 1.41. The molecule has 7 heteroatoms. The first kappa shape index (κ1) is 15.9. The molecule has 0 aromatic heterocycles. The molecular weight excluding hydrogens is 270 g/mol. The Morgan fingerprint density at radius 1 is 1.40 bits per heavy atom. The topological polar surface area (TPSA) is 69.6 Å². The number of urea groups is 1. The molecule has 0 bridgehead atoms. The highest BCUT2D eigenvalue weighted by molar-refractivity contribution is 5.75. The van der Waals surface area contributed by atoms with Crippen LogP contribution in [-0.4, -0.2) is 35.6 Å². The van der Waals surface area contributed by atoms with Crippen molar-refractivity contribution in [3.8, 4) is 0 Å². The number of hydrogen-bond acceptors (Lipinski definition) is 2. The van der Waals surface area contributed by atoms with E-state index in [2.05, 4.69) is 5.32 Å². The van der Waals surface area contributed by atoms with Crippen molar-refractivity contribution in [3.63, 3.8) is 0 Å². The van der Waals surface area contributed by atoms with E-state index in [1.807, 2.05) is 0 Å². The Bertz CT molecular complexity index is 508. The third-order valence-corrected chi connectivity index (χ3v) is 2.76. The van der Waals surface area contributed by atoms with E-state index in [1.165, 1.54) is 24.9 Å². The summed E-state index contributed by atoms with van der Waals surface area (Å²) in [5.41, 5.74) is 0.152. The first-order valence-electron chi connectivity index (χ1n) is 5.97. The molecule has 20 heavy (non-hydrogen) atoms. The number of hydrogen-bond donors (Lipinski definition) is 2. The van der Waals surface area contributed by atoms with Crippen LogP contribution in [0.5, 0.6) is 0 Å². The molecule has 1 aromatic rings. The summed E-state index contributed by atoms with van der Waals surface area (Å²) < 4.78 is 26.0. The van der Waals surface area contributed by atoms with E-state index in [0.717, 1.165) is 12.1 Å². The summed E-state index contributed by atoms with van der Waals surface area (Å²) in [6, 6.07) is 2.55. The van der Waals surface area contributed by atoms with Crippen molar-refractivity contribution < 1.29 is 23.5 Å². The normalized spacial score (nSPS) is 11.8. The van der Waals surface area contributed by atoms with Gasteiger partial charge in [-0.3, -0.25) is 4.79 Å². The molecule has 0 radical (unpaired) electrons. The molecule has 0 aliphatic rings. The molecule has 1 atom stereocenters. The van der Waals surface area contributed by atoms with Gasteiger partial charge in [-0.25, -0.2) is 13.6 Å². The van der Waals surface area contributed by atoms with Crippen LogP contribution in [0.1, 0.15) is 12.5 Å². The van der Waals surface area contributed by atoms with Crippen LogP contribution in [-0.2, 0) is 11.3 Å². The SMILES string of the molecule is CC(CN(C)C(=O)NCc1ccc(F)cc1F)C(=O)O. The zero-order chi connectivity index (χ0) is 15.3. The fourth-order valence-electron chi connectivity index (χ4n) is 1.54. The summed E-state index contributed by atoms with van der Waals surface area (Å²) in [5.74, 6) is -3.14. The molecule has 5 nitrogen and oxygen atoms in total. The molecule has 110 valence electrons. The summed E-state index contributed by atoms with van der Waals surface area (Å²) in [4.78, 5) is 23.5. The first-order valence-corrected chi connectivity index (χ1v) is 5.97. The molecule has 2 N–H and O–H groups in total. The third kappa shape index (κ3) is 4.49. The maximum atomic E-state index is 13.3. The minimum Gasteiger partial charge on any atom is -0.481 e. The Hall–Kier alpha value is -2.18. The largest absolute Gasteiger partial charge is 0.481 e. The lowest BCUT2D eigenvalue weighted by Gasteiger charge is -2.20. The second-order valence-corrected chi connectivity index (χ2v) is 4.51. The van der Waals surface area contributed by atoms with Gasteiger partial charge in [-0.05, 0) is 6.07 Å². The molecule has 0 spiro atoms. The van der Waals surface area contributed by atoms with E-state index < -0.39 is 29.6 Å². The van der Waals surface area contributed by atoms with E-state index >= 15 is 0 Å². The Labute approximate surface area is 115 Å². The van der Waals surface area contributed by atoms with E-state index in [4.69, 9.17) is 5.11 Å². The van der Waals surface area contributed by atoms with E-state index in [9.17, 15) is 18.4 Å². The molecule has 1 aromatic carbocycles. The lowest BCUT2D eigenvalue weighted by atomic mass is 10.2. The number of carbonyl (C=O) groups is 2. The molecule has 0 aliphatic carbocycles. The van der Waals surface area contributed by atoms with Crippen molar-refractivity contribution in [2.45, 2.75) is 13.5 Å². The quantitative estimate of drug-likeness (QED) is 0.867. The fraction of sp³-hybridized carbons (Fsp3) is 0.385. The van der Waals surface area contributed by atoms with Crippen LogP contribution in [0.3, 0.4) is 0 Å². The van der Waals surface area contributed by atoms with Crippen LogP contribution in [0.4, 0.5) is 13.6 Å². The monoisotopic (exact) mass is 286 g/mol. The average molecular weight is 286 g/mol. The van der Waals surface area contributed by atoms with Crippen molar-refractivity contribution in [1.29, 1.82) is 0 Å². The van der Waals surface area contributed by atoms with Crippen LogP contribution in [0.25, 0.3) is 0 Å². The summed E-state index contributed by atoms with van der Waals surface area (Å²) in [7, 11) is 1.44. The molecule has 2 amide bonds. The Balaban J connectivity index is 2.52. The molecule has 0 saturated heterocycles. The van der Waals surface area contributed by atoms with Gasteiger partial charge in [0.15, 0.2) is 0 Å². The van der Waals surface area contributed by atoms with Crippen LogP contribution >= 0.6 is 0 Å². The highest BCUT2D eigenvalue weighted by Crippen LogP contribution is 2.09. The number of benzene rings is 1. The predicted molar refractivity (Wildman–Crippen MR) is 68.0 cm³/mol. The number of amides is 2. The van der Waals surface area contributed by atoms with Gasteiger partial charge in [0.1, 0.15) is 11.6 Å². The van der Waals surface area contributed by atoms with Gasteiger partial charge in [0.2, 0.25) is 0 Å². The van der Waals surface area contributed by atoms with Gasteiger partial charge < -0.3 is 15.3 Å². The zero-order valence-corrected chi connectivity index (χ0v) is 11.2. The molecule has 1 rings (SSSR count). The molecule has 0 heterocycles. The molecule has 0 fully saturated rings. The number of aliphatic carboxylic acids is 1. The minimum atomic E-state index is -1.01. The number of nitrogens with one attached hydrogen (secondary N) is 1. The van der Waals surface area contributed by atoms with Crippen LogP contribution < -0.4 is 5.32 Å². The number of carboxylic acid groups (broad SMARTS) is 1. The number of halogens is 2. The number of rotatable bonds is 5. The van der Waals surface area contributed by atoms with Crippen LogP contribution in [0, 0.1) is 17.6 Å². The van der Waals surface area contributed by atoms with Crippen molar-refractivity contribution in [1.82, 2.24) is 10.2 Å². The Kier molecular flexibility index (Phi) is 5.42. The van der Waals surface area contributed by atoms with E-state index in [1.54, 1.807) is 0 Å². The maximum absolute atomic E-state index is 13.3. The maximum Gasteiger partial charge on any atom is 0.317 e. The lowest BCUT2D eigenvalue weighted by molar-refractivity contribution is -0.141. The van der Waals surface area contributed by atoms with Gasteiger partial charge in [0.05, 0.1) is 5.92 Å². The van der Waals surface area contributed by atoms with Crippen LogP contribution in [0.2, 0.25) is 0 Å². The second-order valence-electron chi connectivity index (χ2n) is 4.51. The molecule has 0 aliphatic heterocycles. The zero-order valence-electron chi connectivity index (χ0n) is 11.2. The van der Waals surface area contributed by atoms with Crippen molar-refractivity contribution in [2.75, 3.05) is 13.6 Å².